The van der Waals surface area contributed by atoms with Crippen molar-refractivity contribution in [1.82, 2.24) is 20.5 Å². The molecular weight excluding hydrogens is 376 g/mol. The van der Waals surface area contributed by atoms with Crippen molar-refractivity contribution in [2.45, 2.75) is 26.0 Å². The van der Waals surface area contributed by atoms with Gasteiger partial charge < -0.3 is 25.2 Å². The maximum Gasteiger partial charge on any atom is 0.191 e. The van der Waals surface area contributed by atoms with E-state index in [0.29, 0.717) is 6.54 Å². The molecule has 1 aromatic heterocycles. The van der Waals surface area contributed by atoms with Gasteiger partial charge in [0, 0.05) is 52.4 Å². The number of pyridine rings is 1. The van der Waals surface area contributed by atoms with E-state index in [-0.39, 0.29) is 6.10 Å². The first kappa shape index (κ1) is 20.5. The molecule has 160 valence electrons. The van der Waals surface area contributed by atoms with Gasteiger partial charge in [0.25, 0.3) is 0 Å². The fourth-order valence-electron chi connectivity index (χ4n) is 3.99. The van der Waals surface area contributed by atoms with Crippen LogP contribution in [-0.2, 0) is 13.0 Å². The number of anilines is 1. The molecule has 2 aromatic rings. The van der Waals surface area contributed by atoms with Crippen LogP contribution in [-0.4, -0.2) is 68.3 Å². The van der Waals surface area contributed by atoms with Crippen molar-refractivity contribution in [2.75, 3.05) is 51.2 Å². The molecule has 1 atom stereocenters. The number of para-hydroxylation sites is 1. The van der Waals surface area contributed by atoms with E-state index < -0.39 is 0 Å². The number of likely N-dealkylation sites (N-methyl/N-ethyl adjacent to an activating group) is 1. The van der Waals surface area contributed by atoms with Crippen LogP contribution in [0, 0.1) is 0 Å². The third-order valence-electron chi connectivity index (χ3n) is 5.85. The monoisotopic (exact) mass is 408 g/mol. The Balaban J connectivity index is 1.22. The van der Waals surface area contributed by atoms with Gasteiger partial charge in [0.15, 0.2) is 5.96 Å². The smallest absolute Gasteiger partial charge is 0.191 e. The lowest BCUT2D eigenvalue weighted by molar-refractivity contribution is 0.235. The zero-order valence-electron chi connectivity index (χ0n) is 18.0. The summed E-state index contributed by atoms with van der Waals surface area (Å²) in [4.78, 5) is 13.8. The number of nitrogens with one attached hydrogen (secondary N) is 2. The Morgan fingerprint density at radius 1 is 1.13 bits per heavy atom. The molecule has 0 spiro atoms. The number of aromatic nitrogens is 1. The number of guanidine groups is 1. The second-order valence-corrected chi connectivity index (χ2v) is 7.80. The molecule has 3 heterocycles. The van der Waals surface area contributed by atoms with Crippen LogP contribution >= 0.6 is 0 Å². The van der Waals surface area contributed by atoms with Gasteiger partial charge in [-0.2, -0.15) is 0 Å². The Bertz CT molecular complexity index is 820. The molecule has 0 radical (unpaired) electrons. The summed E-state index contributed by atoms with van der Waals surface area (Å²) in [6.45, 7) is 9.06. The molecule has 7 nitrogen and oxygen atoms in total. The van der Waals surface area contributed by atoms with E-state index in [4.69, 9.17) is 4.74 Å². The van der Waals surface area contributed by atoms with Gasteiger partial charge in [0.05, 0.1) is 6.54 Å². The highest BCUT2D eigenvalue weighted by molar-refractivity contribution is 5.79. The highest BCUT2D eigenvalue weighted by atomic mass is 16.5. The summed E-state index contributed by atoms with van der Waals surface area (Å²) in [5.41, 5.74) is 2.41. The van der Waals surface area contributed by atoms with Crippen molar-refractivity contribution in [3.05, 3.63) is 53.7 Å². The van der Waals surface area contributed by atoms with E-state index in [9.17, 15) is 0 Å². The molecule has 2 aliphatic rings. The van der Waals surface area contributed by atoms with Gasteiger partial charge in [-0.1, -0.05) is 31.2 Å². The van der Waals surface area contributed by atoms with Crippen LogP contribution in [0.2, 0.25) is 0 Å². The van der Waals surface area contributed by atoms with Crippen molar-refractivity contribution in [1.29, 1.82) is 0 Å². The summed E-state index contributed by atoms with van der Waals surface area (Å²) in [5.74, 6) is 2.83. The largest absolute Gasteiger partial charge is 0.488 e. The molecule has 0 aliphatic carbocycles. The SMILES string of the molecule is CCN1CCN(c2ccc(CNC(=NC)NCC3Cc4ccccc4O3)cn2)CC1. The molecule has 4 rings (SSSR count). The third-order valence-corrected chi connectivity index (χ3v) is 5.85. The second kappa shape index (κ2) is 9.80. The average molecular weight is 409 g/mol. The summed E-state index contributed by atoms with van der Waals surface area (Å²) >= 11 is 0. The van der Waals surface area contributed by atoms with Gasteiger partial charge in [-0.3, -0.25) is 4.99 Å². The average Bonchev–Trinajstić information content (AvgIpc) is 3.23. The van der Waals surface area contributed by atoms with Gasteiger partial charge in [0.1, 0.15) is 17.7 Å². The van der Waals surface area contributed by atoms with Crippen LogP contribution in [0.15, 0.2) is 47.6 Å². The Kier molecular flexibility index (Phi) is 6.69. The van der Waals surface area contributed by atoms with Gasteiger partial charge in [-0.15, -0.1) is 0 Å². The highest BCUT2D eigenvalue weighted by Crippen LogP contribution is 2.27. The van der Waals surface area contributed by atoms with Gasteiger partial charge >= 0.3 is 0 Å². The number of hydrogen-bond acceptors (Lipinski definition) is 5. The first-order valence-corrected chi connectivity index (χ1v) is 10.9. The first-order valence-electron chi connectivity index (χ1n) is 10.9. The van der Waals surface area contributed by atoms with Crippen molar-refractivity contribution in [2.24, 2.45) is 4.99 Å². The van der Waals surface area contributed by atoms with Crippen LogP contribution in [0.4, 0.5) is 5.82 Å². The lowest BCUT2D eigenvalue weighted by Crippen LogP contribution is -2.46. The van der Waals surface area contributed by atoms with E-state index >= 15 is 0 Å². The summed E-state index contributed by atoms with van der Waals surface area (Å²) in [7, 11) is 1.79. The molecule has 7 heteroatoms. The molecule has 2 aliphatic heterocycles. The predicted molar refractivity (Wildman–Crippen MR) is 121 cm³/mol. The number of nitrogens with zero attached hydrogens (tertiary/aromatic N) is 4. The summed E-state index contributed by atoms with van der Waals surface area (Å²) in [6.07, 6.45) is 3.02. The topological polar surface area (TPSA) is 65.0 Å². The summed E-state index contributed by atoms with van der Waals surface area (Å²) in [5, 5.41) is 6.74. The van der Waals surface area contributed by atoms with Crippen molar-refractivity contribution < 1.29 is 4.74 Å². The molecule has 1 unspecified atom stereocenters. The molecule has 0 saturated carbocycles. The zero-order chi connectivity index (χ0) is 20.8. The first-order chi connectivity index (χ1) is 14.7. The van der Waals surface area contributed by atoms with Gasteiger partial charge in [-0.25, -0.2) is 4.98 Å². The van der Waals surface area contributed by atoms with Crippen molar-refractivity contribution in [3.63, 3.8) is 0 Å². The Labute approximate surface area is 179 Å². The number of benzene rings is 1. The number of rotatable bonds is 6. The number of aliphatic imine (C=N–C) groups is 1. The minimum Gasteiger partial charge on any atom is -0.488 e. The van der Waals surface area contributed by atoms with E-state index in [1.165, 1.54) is 5.56 Å². The Morgan fingerprint density at radius 2 is 1.97 bits per heavy atom. The van der Waals surface area contributed by atoms with Crippen LogP contribution in [0.25, 0.3) is 0 Å². The van der Waals surface area contributed by atoms with Gasteiger partial charge in [0.2, 0.25) is 0 Å². The zero-order valence-corrected chi connectivity index (χ0v) is 18.0. The summed E-state index contributed by atoms with van der Waals surface area (Å²) < 4.78 is 5.99. The van der Waals surface area contributed by atoms with E-state index in [1.807, 2.05) is 18.3 Å². The Morgan fingerprint density at radius 3 is 2.67 bits per heavy atom. The maximum absolute atomic E-state index is 5.99. The highest BCUT2D eigenvalue weighted by Gasteiger charge is 2.22. The summed E-state index contributed by atoms with van der Waals surface area (Å²) in [6, 6.07) is 12.5. The fourth-order valence-corrected chi connectivity index (χ4v) is 3.99. The molecule has 2 N–H and O–H groups in total. The number of piperazine rings is 1. The maximum atomic E-state index is 5.99. The normalized spacial score (nSPS) is 19.3. The number of ether oxygens (including phenoxy) is 1. The van der Waals surface area contributed by atoms with E-state index in [0.717, 1.165) is 68.8 Å². The molecular formula is C23H32N6O. The van der Waals surface area contributed by atoms with Crippen LogP contribution < -0.4 is 20.3 Å². The predicted octanol–water partition coefficient (Wildman–Crippen LogP) is 1.89. The molecule has 0 bridgehead atoms. The molecule has 30 heavy (non-hydrogen) atoms. The van der Waals surface area contributed by atoms with Crippen LogP contribution in [0.1, 0.15) is 18.1 Å². The Hall–Kier alpha value is -2.80. The fraction of sp³-hybridized carbons (Fsp3) is 0.478. The second-order valence-electron chi connectivity index (χ2n) is 7.80. The lowest BCUT2D eigenvalue weighted by atomic mass is 10.1. The van der Waals surface area contributed by atoms with Crippen LogP contribution in [0.3, 0.4) is 0 Å². The molecule has 1 aromatic carbocycles. The van der Waals surface area contributed by atoms with E-state index in [2.05, 4.69) is 61.6 Å². The molecule has 0 amide bonds. The van der Waals surface area contributed by atoms with Crippen molar-refractivity contribution >= 4 is 11.8 Å². The molecule has 1 saturated heterocycles. The standard InChI is InChI=1S/C23H32N6O/c1-3-28-10-12-29(13-11-28)22-9-8-18(15-25-22)16-26-23(24-2)27-17-20-14-19-6-4-5-7-21(19)30-20/h4-9,15,20H,3,10-14,16-17H2,1-2H3,(H2,24,26,27). The minimum atomic E-state index is 0.134. The number of fused-ring (bicyclic) bond motifs is 1. The third kappa shape index (κ3) is 5.02. The lowest BCUT2D eigenvalue weighted by Gasteiger charge is -2.34. The van der Waals surface area contributed by atoms with Crippen LogP contribution in [0.5, 0.6) is 5.75 Å². The van der Waals surface area contributed by atoms with E-state index in [1.54, 1.807) is 7.05 Å². The molecule has 1 fully saturated rings. The van der Waals surface area contributed by atoms with Crippen molar-refractivity contribution in [3.8, 4) is 5.75 Å². The minimum absolute atomic E-state index is 0.134. The number of hydrogen-bond donors (Lipinski definition) is 2. The quantitative estimate of drug-likeness (QED) is 0.562. The van der Waals surface area contributed by atoms with Gasteiger partial charge in [-0.05, 0) is 29.8 Å².